The van der Waals surface area contributed by atoms with Gasteiger partial charge in [0.25, 0.3) is 0 Å². The normalized spacial score (nSPS) is 10.5. The molecule has 1 rings (SSSR count). The number of hydrogen-bond donors (Lipinski definition) is 1. The van der Waals surface area contributed by atoms with Crippen LogP contribution in [0.2, 0.25) is 0 Å². The molecule has 0 aromatic carbocycles. The van der Waals surface area contributed by atoms with Crippen LogP contribution in [-0.4, -0.2) is 18.2 Å². The molecule has 1 aromatic rings. The first-order valence-corrected chi connectivity index (χ1v) is 8.07. The Balaban J connectivity index is 1.95. The molecule has 1 N–H and O–H groups in total. The van der Waals surface area contributed by atoms with Gasteiger partial charge in [-0.05, 0) is 18.6 Å². The van der Waals surface area contributed by atoms with E-state index in [1.165, 1.54) is 44.8 Å². The van der Waals surface area contributed by atoms with Gasteiger partial charge in [0.05, 0.1) is 12.7 Å². The number of amides is 1. The lowest BCUT2D eigenvalue weighted by atomic mass is 10.1. The van der Waals surface area contributed by atoms with Gasteiger partial charge in [-0.25, -0.2) is 0 Å². The van der Waals surface area contributed by atoms with Gasteiger partial charge in [-0.15, -0.1) is 0 Å². The zero-order valence-electron chi connectivity index (χ0n) is 13.0. The fraction of sp³-hybridized carbons (Fsp3) is 0.647. The number of carbonyl (C=O) groups is 2. The van der Waals surface area contributed by atoms with Crippen LogP contribution >= 0.6 is 0 Å². The second-order valence-electron chi connectivity index (χ2n) is 5.40. The fourth-order valence-corrected chi connectivity index (χ4v) is 2.22. The van der Waals surface area contributed by atoms with Gasteiger partial charge in [-0.1, -0.05) is 51.9 Å². The van der Waals surface area contributed by atoms with Crippen LogP contribution in [0, 0.1) is 0 Å². The molecule has 0 aliphatic heterocycles. The van der Waals surface area contributed by atoms with E-state index in [0.717, 1.165) is 12.8 Å². The van der Waals surface area contributed by atoms with E-state index in [4.69, 9.17) is 4.42 Å². The smallest absolute Gasteiger partial charge is 0.227 e. The Labute approximate surface area is 127 Å². The SMILES string of the molecule is CCCCCCCCCCNC(=O)CC(=O)c1ccco1. The Hall–Kier alpha value is -1.58. The highest BCUT2D eigenvalue weighted by molar-refractivity contribution is 6.05. The van der Waals surface area contributed by atoms with Crippen molar-refractivity contribution in [1.82, 2.24) is 5.32 Å². The molecule has 0 aliphatic rings. The van der Waals surface area contributed by atoms with E-state index in [1.807, 2.05) is 0 Å². The predicted octanol–water partition coefficient (Wildman–Crippen LogP) is 4.11. The number of unbranched alkanes of at least 4 members (excludes halogenated alkanes) is 7. The Morgan fingerprint density at radius 3 is 2.33 bits per heavy atom. The van der Waals surface area contributed by atoms with Gasteiger partial charge in [-0.3, -0.25) is 9.59 Å². The zero-order chi connectivity index (χ0) is 15.3. The van der Waals surface area contributed by atoms with E-state index in [1.54, 1.807) is 12.1 Å². The summed E-state index contributed by atoms with van der Waals surface area (Å²) >= 11 is 0. The number of furan rings is 1. The minimum absolute atomic E-state index is 0.134. The van der Waals surface area contributed by atoms with E-state index in [2.05, 4.69) is 12.2 Å². The molecule has 1 heterocycles. The molecule has 0 radical (unpaired) electrons. The third-order valence-electron chi connectivity index (χ3n) is 3.47. The molecule has 21 heavy (non-hydrogen) atoms. The highest BCUT2D eigenvalue weighted by atomic mass is 16.3. The molecular weight excluding hydrogens is 266 g/mol. The molecular formula is C17H27NO3. The maximum atomic E-state index is 11.6. The van der Waals surface area contributed by atoms with E-state index < -0.39 is 0 Å². The van der Waals surface area contributed by atoms with Gasteiger partial charge < -0.3 is 9.73 Å². The molecule has 0 atom stereocenters. The maximum Gasteiger partial charge on any atom is 0.227 e. The van der Waals surface area contributed by atoms with Crippen molar-refractivity contribution >= 4 is 11.7 Å². The minimum Gasteiger partial charge on any atom is -0.461 e. The average Bonchev–Trinajstić information content (AvgIpc) is 3.00. The van der Waals surface area contributed by atoms with Gasteiger partial charge in [-0.2, -0.15) is 0 Å². The van der Waals surface area contributed by atoms with Crippen LogP contribution in [0.4, 0.5) is 0 Å². The summed E-state index contributed by atoms with van der Waals surface area (Å²) in [7, 11) is 0. The Morgan fingerprint density at radius 1 is 1.05 bits per heavy atom. The third-order valence-corrected chi connectivity index (χ3v) is 3.47. The topological polar surface area (TPSA) is 59.3 Å². The molecule has 0 unspecified atom stereocenters. The van der Waals surface area contributed by atoms with Gasteiger partial charge in [0.2, 0.25) is 11.7 Å². The van der Waals surface area contributed by atoms with E-state index in [9.17, 15) is 9.59 Å². The summed E-state index contributed by atoms with van der Waals surface area (Å²) in [6, 6.07) is 3.22. The molecule has 118 valence electrons. The monoisotopic (exact) mass is 293 g/mol. The molecule has 0 spiro atoms. The highest BCUT2D eigenvalue weighted by Crippen LogP contribution is 2.08. The van der Waals surface area contributed by atoms with Crippen molar-refractivity contribution in [2.75, 3.05) is 6.54 Å². The largest absolute Gasteiger partial charge is 0.461 e. The van der Waals surface area contributed by atoms with Crippen molar-refractivity contribution in [2.24, 2.45) is 0 Å². The van der Waals surface area contributed by atoms with Gasteiger partial charge in [0, 0.05) is 6.54 Å². The fourth-order valence-electron chi connectivity index (χ4n) is 2.22. The molecule has 4 nitrogen and oxygen atoms in total. The predicted molar refractivity (Wildman–Crippen MR) is 83.3 cm³/mol. The molecule has 0 fully saturated rings. The molecule has 1 aromatic heterocycles. The van der Waals surface area contributed by atoms with E-state index in [-0.39, 0.29) is 23.9 Å². The summed E-state index contributed by atoms with van der Waals surface area (Å²) in [4.78, 5) is 23.2. The second-order valence-corrected chi connectivity index (χ2v) is 5.40. The number of hydrogen-bond acceptors (Lipinski definition) is 3. The van der Waals surface area contributed by atoms with Crippen LogP contribution in [0.25, 0.3) is 0 Å². The lowest BCUT2D eigenvalue weighted by Crippen LogP contribution is -2.26. The second kappa shape index (κ2) is 11.1. The van der Waals surface area contributed by atoms with Crippen LogP contribution < -0.4 is 5.32 Å². The van der Waals surface area contributed by atoms with Crippen molar-refractivity contribution in [2.45, 2.75) is 64.7 Å². The third kappa shape index (κ3) is 8.33. The molecule has 0 aliphatic carbocycles. The Bertz CT molecular complexity index is 398. The number of rotatable bonds is 12. The zero-order valence-corrected chi connectivity index (χ0v) is 13.0. The van der Waals surface area contributed by atoms with Gasteiger partial charge in [0.1, 0.15) is 0 Å². The summed E-state index contributed by atoms with van der Waals surface area (Å²) in [5.41, 5.74) is 0. The summed E-state index contributed by atoms with van der Waals surface area (Å²) in [5, 5.41) is 2.79. The van der Waals surface area contributed by atoms with Crippen molar-refractivity contribution in [3.8, 4) is 0 Å². The Morgan fingerprint density at radius 2 is 1.71 bits per heavy atom. The van der Waals surface area contributed by atoms with Crippen LogP contribution in [0.5, 0.6) is 0 Å². The molecule has 1 amide bonds. The first-order valence-electron chi connectivity index (χ1n) is 8.07. The van der Waals surface area contributed by atoms with E-state index >= 15 is 0 Å². The quantitative estimate of drug-likeness (QED) is 0.358. The molecule has 0 bridgehead atoms. The molecule has 0 saturated heterocycles. The molecule has 0 saturated carbocycles. The van der Waals surface area contributed by atoms with Crippen LogP contribution in [-0.2, 0) is 4.79 Å². The maximum absolute atomic E-state index is 11.6. The summed E-state index contributed by atoms with van der Waals surface area (Å²) in [6.45, 7) is 2.87. The average molecular weight is 293 g/mol. The lowest BCUT2D eigenvalue weighted by molar-refractivity contribution is -0.120. The van der Waals surface area contributed by atoms with Crippen molar-refractivity contribution in [1.29, 1.82) is 0 Å². The lowest BCUT2D eigenvalue weighted by Gasteiger charge is -2.04. The standard InChI is InChI=1S/C17H27NO3/c1-2-3-4-5-6-7-8-9-12-18-17(20)14-15(19)16-11-10-13-21-16/h10-11,13H,2-9,12,14H2,1H3,(H,18,20). The first kappa shape index (κ1) is 17.5. The summed E-state index contributed by atoms with van der Waals surface area (Å²) in [5.74, 6) is -0.245. The van der Waals surface area contributed by atoms with Crippen LogP contribution in [0.15, 0.2) is 22.8 Å². The number of nitrogens with one attached hydrogen (secondary N) is 1. The highest BCUT2D eigenvalue weighted by Gasteiger charge is 2.13. The molecule has 4 heteroatoms. The summed E-state index contributed by atoms with van der Waals surface area (Å²) in [6.07, 6.45) is 11.2. The Kier molecular flexibility index (Phi) is 9.25. The van der Waals surface area contributed by atoms with Crippen molar-refractivity contribution in [3.63, 3.8) is 0 Å². The number of carbonyl (C=O) groups excluding carboxylic acids is 2. The van der Waals surface area contributed by atoms with Crippen LogP contribution in [0.1, 0.15) is 75.3 Å². The van der Waals surface area contributed by atoms with E-state index in [0.29, 0.717) is 6.54 Å². The van der Waals surface area contributed by atoms with Crippen LogP contribution in [0.3, 0.4) is 0 Å². The number of Topliss-reactive ketones (excluding diaryl/α,β-unsaturated/α-hetero) is 1. The minimum atomic E-state index is -0.270. The van der Waals surface area contributed by atoms with Crippen molar-refractivity contribution in [3.05, 3.63) is 24.2 Å². The van der Waals surface area contributed by atoms with Gasteiger partial charge >= 0.3 is 0 Å². The summed E-state index contributed by atoms with van der Waals surface area (Å²) < 4.78 is 4.96. The van der Waals surface area contributed by atoms with Crippen molar-refractivity contribution < 1.29 is 14.0 Å². The number of ketones is 1. The first-order chi connectivity index (χ1) is 10.2. The van der Waals surface area contributed by atoms with Gasteiger partial charge in [0.15, 0.2) is 5.76 Å².